The highest BCUT2D eigenvalue weighted by Gasteiger charge is 2.09. The van der Waals surface area contributed by atoms with Gasteiger partial charge in [-0.3, -0.25) is 10.1 Å². The maximum absolute atomic E-state index is 12.0. The number of hydrogen-bond acceptors (Lipinski definition) is 5. The van der Waals surface area contributed by atoms with Crippen LogP contribution < -0.4 is 16.0 Å². The van der Waals surface area contributed by atoms with Gasteiger partial charge in [0.1, 0.15) is 5.76 Å². The fraction of sp³-hybridized carbons (Fsp3) is 0.100. The Bertz CT molecular complexity index is 883. The monoisotopic (exact) mass is 381 g/mol. The molecule has 0 aliphatic carbocycles. The zero-order valence-electron chi connectivity index (χ0n) is 14.5. The van der Waals surface area contributed by atoms with Crippen molar-refractivity contribution in [3.63, 3.8) is 0 Å². The highest BCUT2D eigenvalue weighted by Crippen LogP contribution is 2.32. The summed E-state index contributed by atoms with van der Waals surface area (Å²) in [6.45, 7) is 0.205. The van der Waals surface area contributed by atoms with Crippen molar-refractivity contribution in [2.45, 2.75) is 16.3 Å². The minimum absolute atomic E-state index is 0.0134. The summed E-state index contributed by atoms with van der Waals surface area (Å²) in [5.74, 6) is 0.189. The lowest BCUT2D eigenvalue weighted by Crippen LogP contribution is -2.41. The van der Waals surface area contributed by atoms with Crippen LogP contribution in [0.15, 0.2) is 87.2 Å². The van der Waals surface area contributed by atoms with Gasteiger partial charge in [-0.25, -0.2) is 4.79 Å². The highest BCUT2D eigenvalue weighted by molar-refractivity contribution is 7.99. The lowest BCUT2D eigenvalue weighted by molar-refractivity contribution is -0.118. The van der Waals surface area contributed by atoms with Crippen molar-refractivity contribution in [3.8, 4) is 0 Å². The molecule has 0 atom stereocenters. The van der Waals surface area contributed by atoms with E-state index in [-0.39, 0.29) is 13.1 Å². The van der Waals surface area contributed by atoms with Gasteiger partial charge >= 0.3 is 6.03 Å². The number of anilines is 1. The second kappa shape index (κ2) is 9.49. The van der Waals surface area contributed by atoms with Gasteiger partial charge in [-0.2, -0.15) is 0 Å². The molecule has 1 aromatic heterocycles. The lowest BCUT2D eigenvalue weighted by atomic mass is 10.3. The van der Waals surface area contributed by atoms with Crippen LogP contribution >= 0.6 is 11.8 Å². The van der Waals surface area contributed by atoms with Crippen LogP contribution in [0.3, 0.4) is 0 Å². The Balaban J connectivity index is 1.49. The van der Waals surface area contributed by atoms with Gasteiger partial charge < -0.3 is 15.1 Å². The molecule has 0 radical (unpaired) electrons. The molecule has 2 aromatic carbocycles. The fourth-order valence-corrected chi connectivity index (χ4v) is 3.23. The molecule has 0 saturated heterocycles. The third kappa shape index (κ3) is 5.93. The first-order valence-electron chi connectivity index (χ1n) is 8.36. The van der Waals surface area contributed by atoms with Gasteiger partial charge in [0, 0.05) is 15.5 Å². The Morgan fingerprint density at radius 3 is 2.48 bits per heavy atom. The van der Waals surface area contributed by atoms with Crippen molar-refractivity contribution < 1.29 is 14.0 Å². The van der Waals surface area contributed by atoms with Crippen LogP contribution in [0, 0.1) is 0 Å². The maximum atomic E-state index is 12.0. The first-order chi connectivity index (χ1) is 13.2. The van der Waals surface area contributed by atoms with Crippen molar-refractivity contribution in [2.24, 2.45) is 0 Å². The maximum Gasteiger partial charge on any atom is 0.321 e. The minimum atomic E-state index is -0.565. The van der Waals surface area contributed by atoms with Crippen molar-refractivity contribution in [1.82, 2.24) is 10.6 Å². The van der Waals surface area contributed by atoms with Crippen LogP contribution in [0.25, 0.3) is 0 Å². The summed E-state index contributed by atoms with van der Waals surface area (Å²) in [5.41, 5.74) is 0.831. The van der Waals surface area contributed by atoms with Gasteiger partial charge in [0.05, 0.1) is 19.4 Å². The number of imide groups is 1. The Morgan fingerprint density at radius 2 is 1.70 bits per heavy atom. The number of hydrogen-bond donors (Lipinski definition) is 3. The van der Waals surface area contributed by atoms with Crippen molar-refractivity contribution in [1.29, 1.82) is 0 Å². The molecular formula is C20H19N3O3S. The van der Waals surface area contributed by atoms with Crippen LogP contribution in [0.2, 0.25) is 0 Å². The highest BCUT2D eigenvalue weighted by atomic mass is 32.2. The molecule has 3 aromatic rings. The molecular weight excluding hydrogens is 362 g/mol. The summed E-state index contributed by atoms with van der Waals surface area (Å²) in [4.78, 5) is 25.8. The molecule has 27 heavy (non-hydrogen) atoms. The molecule has 0 aliphatic rings. The number of carbonyl (C=O) groups is 2. The van der Waals surface area contributed by atoms with E-state index in [0.717, 1.165) is 15.5 Å². The SMILES string of the molecule is O=C(CNc1ccccc1Sc1ccccc1)NC(=O)NCc1ccco1. The van der Waals surface area contributed by atoms with Crippen molar-refractivity contribution >= 4 is 29.4 Å². The van der Waals surface area contributed by atoms with E-state index in [1.807, 2.05) is 54.6 Å². The van der Waals surface area contributed by atoms with Gasteiger partial charge in [-0.05, 0) is 36.4 Å². The third-order valence-electron chi connectivity index (χ3n) is 3.55. The number of carbonyl (C=O) groups excluding carboxylic acids is 2. The van der Waals surface area contributed by atoms with Gasteiger partial charge in [0.2, 0.25) is 5.91 Å². The average molecular weight is 381 g/mol. The summed E-state index contributed by atoms with van der Waals surface area (Å²) in [7, 11) is 0. The molecule has 0 aliphatic heterocycles. The summed E-state index contributed by atoms with van der Waals surface area (Å²) < 4.78 is 5.11. The molecule has 0 bridgehead atoms. The Morgan fingerprint density at radius 1 is 0.926 bits per heavy atom. The van der Waals surface area contributed by atoms with Crippen molar-refractivity contribution in [3.05, 3.63) is 78.8 Å². The van der Waals surface area contributed by atoms with Gasteiger partial charge in [-0.15, -0.1) is 0 Å². The predicted octanol–water partition coefficient (Wildman–Crippen LogP) is 3.87. The lowest BCUT2D eigenvalue weighted by Gasteiger charge is -2.12. The topological polar surface area (TPSA) is 83.4 Å². The Hall–Kier alpha value is -3.19. The second-order valence-electron chi connectivity index (χ2n) is 5.58. The van der Waals surface area contributed by atoms with E-state index in [1.165, 1.54) is 6.26 Å². The molecule has 138 valence electrons. The van der Waals surface area contributed by atoms with Crippen LogP contribution in [0.1, 0.15) is 5.76 Å². The van der Waals surface area contributed by atoms with E-state index in [9.17, 15) is 9.59 Å². The Labute approximate surface area is 161 Å². The van der Waals surface area contributed by atoms with E-state index < -0.39 is 11.9 Å². The van der Waals surface area contributed by atoms with E-state index in [4.69, 9.17) is 4.42 Å². The molecule has 0 spiro atoms. The van der Waals surface area contributed by atoms with Crippen LogP contribution in [0.4, 0.5) is 10.5 Å². The molecule has 1 heterocycles. The quantitative estimate of drug-likeness (QED) is 0.579. The third-order valence-corrected chi connectivity index (χ3v) is 4.64. The van der Waals surface area contributed by atoms with Crippen LogP contribution in [-0.2, 0) is 11.3 Å². The Kier molecular flexibility index (Phi) is 6.54. The number of nitrogens with one attached hydrogen (secondary N) is 3. The van der Waals surface area contributed by atoms with Crippen molar-refractivity contribution in [2.75, 3.05) is 11.9 Å². The standard InChI is InChI=1S/C20H19N3O3S/c24-19(23-20(25)22-13-15-7-6-12-26-15)14-21-17-10-4-5-11-18(17)27-16-8-2-1-3-9-16/h1-12,21H,13-14H2,(H2,22,23,24,25). The number of furan rings is 1. The molecule has 3 rings (SSSR count). The van der Waals surface area contributed by atoms with E-state index in [1.54, 1.807) is 23.9 Å². The largest absolute Gasteiger partial charge is 0.467 e. The molecule has 0 unspecified atom stereocenters. The number of rotatable bonds is 7. The first kappa shape index (κ1) is 18.6. The molecule has 0 saturated carbocycles. The summed E-state index contributed by atoms with van der Waals surface area (Å²) in [6.07, 6.45) is 1.52. The van der Waals surface area contributed by atoms with Gasteiger partial charge in [0.15, 0.2) is 0 Å². The minimum Gasteiger partial charge on any atom is -0.467 e. The van der Waals surface area contributed by atoms with Crippen LogP contribution in [-0.4, -0.2) is 18.5 Å². The molecule has 3 N–H and O–H groups in total. The summed E-state index contributed by atoms with van der Waals surface area (Å²) in [5, 5.41) is 7.92. The second-order valence-corrected chi connectivity index (χ2v) is 6.69. The number of urea groups is 1. The first-order valence-corrected chi connectivity index (χ1v) is 9.18. The predicted molar refractivity (Wildman–Crippen MR) is 105 cm³/mol. The van der Waals surface area contributed by atoms with E-state index in [2.05, 4.69) is 16.0 Å². The average Bonchev–Trinajstić information content (AvgIpc) is 3.20. The number of benzene rings is 2. The number of amides is 3. The molecule has 6 nitrogen and oxygen atoms in total. The summed E-state index contributed by atoms with van der Waals surface area (Å²) in [6, 6.07) is 20.6. The van der Waals surface area contributed by atoms with Crippen LogP contribution in [0.5, 0.6) is 0 Å². The molecule has 0 fully saturated rings. The zero-order valence-corrected chi connectivity index (χ0v) is 15.3. The van der Waals surface area contributed by atoms with Gasteiger partial charge in [-0.1, -0.05) is 42.1 Å². The smallest absolute Gasteiger partial charge is 0.321 e. The number of para-hydroxylation sites is 1. The normalized spacial score (nSPS) is 10.2. The summed E-state index contributed by atoms with van der Waals surface area (Å²) >= 11 is 1.60. The van der Waals surface area contributed by atoms with E-state index >= 15 is 0 Å². The van der Waals surface area contributed by atoms with Gasteiger partial charge in [0.25, 0.3) is 0 Å². The zero-order chi connectivity index (χ0) is 18.9. The van der Waals surface area contributed by atoms with E-state index in [0.29, 0.717) is 5.76 Å². The molecule has 3 amide bonds. The fourth-order valence-electron chi connectivity index (χ4n) is 2.29. The molecule has 7 heteroatoms.